The zero-order valence-corrected chi connectivity index (χ0v) is 11.3. The van der Waals surface area contributed by atoms with Crippen LogP contribution in [-0.2, 0) is 6.61 Å². The summed E-state index contributed by atoms with van der Waals surface area (Å²) in [5.74, 6) is 0.335. The lowest BCUT2D eigenvalue weighted by Crippen LogP contribution is -1.99. The summed E-state index contributed by atoms with van der Waals surface area (Å²) in [5, 5.41) is 2.50. The van der Waals surface area contributed by atoms with Crippen molar-refractivity contribution in [2.75, 3.05) is 0 Å². The Morgan fingerprint density at radius 2 is 2.26 bits per heavy atom. The van der Waals surface area contributed by atoms with Gasteiger partial charge in [0.05, 0.1) is 0 Å². The van der Waals surface area contributed by atoms with Crippen LogP contribution in [0.25, 0.3) is 4.96 Å². The van der Waals surface area contributed by atoms with E-state index in [1.807, 2.05) is 23.6 Å². The van der Waals surface area contributed by atoms with Gasteiger partial charge in [-0.2, -0.15) is 4.98 Å². The molecule has 0 bridgehead atoms. The first kappa shape index (κ1) is 12.2. The Morgan fingerprint density at radius 1 is 1.42 bits per heavy atom. The van der Waals surface area contributed by atoms with Crippen molar-refractivity contribution in [1.82, 2.24) is 9.38 Å². The quantitative estimate of drug-likeness (QED) is 0.692. The van der Waals surface area contributed by atoms with E-state index < -0.39 is 0 Å². The van der Waals surface area contributed by atoms with Crippen LogP contribution in [0.1, 0.15) is 16.1 Å². The second-order valence-corrected chi connectivity index (χ2v) is 5.14. The van der Waals surface area contributed by atoms with Gasteiger partial charge in [0.1, 0.15) is 6.61 Å². The van der Waals surface area contributed by atoms with Crippen LogP contribution in [0.4, 0.5) is 0 Å². The highest BCUT2D eigenvalue weighted by atomic mass is 35.5. The molecule has 0 aliphatic carbocycles. The lowest BCUT2D eigenvalue weighted by atomic mass is 10.2. The van der Waals surface area contributed by atoms with E-state index in [1.54, 1.807) is 16.7 Å². The standard InChI is InChI=1S/C13H9ClN2O2S/c14-10-4-2-1-3-9(10)8-18-12-11(7-17)16-5-6-19-13(16)15-12/h1-7H,8H2. The summed E-state index contributed by atoms with van der Waals surface area (Å²) in [7, 11) is 0. The summed E-state index contributed by atoms with van der Waals surface area (Å²) in [6, 6.07) is 7.42. The van der Waals surface area contributed by atoms with Crippen molar-refractivity contribution in [1.29, 1.82) is 0 Å². The fraction of sp³-hybridized carbons (Fsp3) is 0.0769. The molecule has 0 saturated carbocycles. The molecule has 6 heteroatoms. The number of thiazole rings is 1. The minimum atomic E-state index is 0.283. The van der Waals surface area contributed by atoms with Crippen molar-refractivity contribution in [3.05, 3.63) is 52.1 Å². The third-order valence-electron chi connectivity index (χ3n) is 2.70. The topological polar surface area (TPSA) is 43.6 Å². The Bertz CT molecular complexity index is 735. The average Bonchev–Trinajstić information content (AvgIpc) is 2.97. The van der Waals surface area contributed by atoms with Crippen LogP contribution in [0, 0.1) is 0 Å². The fourth-order valence-electron chi connectivity index (χ4n) is 1.76. The molecular formula is C13H9ClN2O2S. The number of benzene rings is 1. The molecule has 0 aliphatic rings. The van der Waals surface area contributed by atoms with Crippen molar-refractivity contribution < 1.29 is 9.53 Å². The first-order valence-corrected chi connectivity index (χ1v) is 6.82. The van der Waals surface area contributed by atoms with E-state index in [0.717, 1.165) is 16.8 Å². The maximum Gasteiger partial charge on any atom is 0.244 e. The number of hydrogen-bond donors (Lipinski definition) is 0. The molecule has 0 radical (unpaired) electrons. The molecule has 0 aliphatic heterocycles. The molecule has 2 heterocycles. The van der Waals surface area contributed by atoms with Gasteiger partial charge in [0.25, 0.3) is 0 Å². The Labute approximate surface area is 118 Å². The average molecular weight is 293 g/mol. The highest BCUT2D eigenvalue weighted by Crippen LogP contribution is 2.24. The molecule has 0 amide bonds. The van der Waals surface area contributed by atoms with Gasteiger partial charge >= 0.3 is 0 Å². The summed E-state index contributed by atoms with van der Waals surface area (Å²) in [5.41, 5.74) is 1.28. The summed E-state index contributed by atoms with van der Waals surface area (Å²) in [6.45, 7) is 0.283. The second-order valence-electron chi connectivity index (χ2n) is 3.86. The lowest BCUT2D eigenvalue weighted by Gasteiger charge is -2.05. The molecule has 2 aromatic heterocycles. The summed E-state index contributed by atoms with van der Waals surface area (Å²) in [4.78, 5) is 16.1. The number of halogens is 1. The van der Waals surface area contributed by atoms with E-state index >= 15 is 0 Å². The van der Waals surface area contributed by atoms with Crippen LogP contribution in [0.15, 0.2) is 35.8 Å². The van der Waals surface area contributed by atoms with Gasteiger partial charge < -0.3 is 4.74 Å². The van der Waals surface area contributed by atoms with Crippen LogP contribution in [0.2, 0.25) is 5.02 Å². The van der Waals surface area contributed by atoms with Crippen molar-refractivity contribution in [2.45, 2.75) is 6.61 Å². The van der Waals surface area contributed by atoms with E-state index in [4.69, 9.17) is 16.3 Å². The van der Waals surface area contributed by atoms with Crippen LogP contribution in [-0.4, -0.2) is 15.7 Å². The predicted molar refractivity (Wildman–Crippen MR) is 74.2 cm³/mol. The normalized spacial score (nSPS) is 10.8. The number of carbonyl (C=O) groups excluding carboxylic acids is 1. The van der Waals surface area contributed by atoms with Gasteiger partial charge in [0.2, 0.25) is 5.88 Å². The SMILES string of the molecule is O=Cc1c(OCc2ccccc2Cl)nc2sccn12. The van der Waals surface area contributed by atoms with Crippen molar-refractivity contribution in [2.24, 2.45) is 0 Å². The van der Waals surface area contributed by atoms with Crippen LogP contribution in [0.3, 0.4) is 0 Å². The van der Waals surface area contributed by atoms with Gasteiger partial charge in [0.15, 0.2) is 16.9 Å². The minimum Gasteiger partial charge on any atom is -0.471 e. The molecule has 0 N–H and O–H groups in total. The minimum absolute atomic E-state index is 0.283. The zero-order chi connectivity index (χ0) is 13.2. The maximum atomic E-state index is 11.1. The van der Waals surface area contributed by atoms with Gasteiger partial charge in [0, 0.05) is 22.2 Å². The van der Waals surface area contributed by atoms with Crippen molar-refractivity contribution >= 4 is 34.2 Å². The Balaban J connectivity index is 1.87. The van der Waals surface area contributed by atoms with E-state index in [9.17, 15) is 4.79 Å². The van der Waals surface area contributed by atoms with Gasteiger partial charge in [-0.05, 0) is 6.07 Å². The molecule has 96 valence electrons. The number of ether oxygens (including phenoxy) is 1. The Hall–Kier alpha value is -1.85. The lowest BCUT2D eigenvalue weighted by molar-refractivity contribution is 0.111. The first-order chi connectivity index (χ1) is 9.29. The van der Waals surface area contributed by atoms with Crippen molar-refractivity contribution in [3.63, 3.8) is 0 Å². The predicted octanol–water partition coefficient (Wildman–Crippen LogP) is 3.44. The highest BCUT2D eigenvalue weighted by molar-refractivity contribution is 7.15. The largest absolute Gasteiger partial charge is 0.471 e. The molecule has 4 nitrogen and oxygen atoms in total. The third-order valence-corrected chi connectivity index (χ3v) is 3.82. The van der Waals surface area contributed by atoms with E-state index in [2.05, 4.69) is 4.98 Å². The Kier molecular flexibility index (Phi) is 3.23. The van der Waals surface area contributed by atoms with Crippen LogP contribution < -0.4 is 4.74 Å². The summed E-state index contributed by atoms with van der Waals surface area (Å²) in [6.07, 6.45) is 2.54. The molecule has 19 heavy (non-hydrogen) atoms. The number of nitrogens with zero attached hydrogens (tertiary/aromatic N) is 2. The molecule has 3 rings (SSSR count). The number of carbonyl (C=O) groups is 1. The number of hydrogen-bond acceptors (Lipinski definition) is 4. The number of aldehydes is 1. The molecule has 0 spiro atoms. The van der Waals surface area contributed by atoms with Gasteiger partial charge in [-0.3, -0.25) is 9.20 Å². The molecule has 0 unspecified atom stereocenters. The fourth-order valence-corrected chi connectivity index (χ4v) is 2.66. The third kappa shape index (κ3) is 2.22. The van der Waals surface area contributed by atoms with Crippen LogP contribution >= 0.6 is 22.9 Å². The molecule has 1 aromatic carbocycles. The molecular weight excluding hydrogens is 284 g/mol. The van der Waals surface area contributed by atoms with Crippen LogP contribution in [0.5, 0.6) is 5.88 Å². The second kappa shape index (κ2) is 5.03. The molecule has 0 saturated heterocycles. The van der Waals surface area contributed by atoms with E-state index in [1.165, 1.54) is 11.3 Å². The number of aromatic nitrogens is 2. The summed E-state index contributed by atoms with van der Waals surface area (Å²) < 4.78 is 7.31. The highest BCUT2D eigenvalue weighted by Gasteiger charge is 2.14. The molecule has 3 aromatic rings. The van der Waals surface area contributed by atoms with Gasteiger partial charge in [-0.15, -0.1) is 11.3 Å². The van der Waals surface area contributed by atoms with E-state index in [0.29, 0.717) is 16.6 Å². The number of imidazole rings is 1. The Morgan fingerprint density at radius 3 is 3.05 bits per heavy atom. The molecule has 0 atom stereocenters. The first-order valence-electron chi connectivity index (χ1n) is 5.56. The maximum absolute atomic E-state index is 11.1. The summed E-state index contributed by atoms with van der Waals surface area (Å²) >= 11 is 7.50. The monoisotopic (exact) mass is 292 g/mol. The van der Waals surface area contributed by atoms with Gasteiger partial charge in [-0.25, -0.2) is 0 Å². The number of rotatable bonds is 4. The molecule has 0 fully saturated rings. The zero-order valence-electron chi connectivity index (χ0n) is 9.75. The number of fused-ring (bicyclic) bond motifs is 1. The van der Waals surface area contributed by atoms with Crippen molar-refractivity contribution in [3.8, 4) is 5.88 Å². The van der Waals surface area contributed by atoms with Gasteiger partial charge in [-0.1, -0.05) is 29.8 Å². The smallest absolute Gasteiger partial charge is 0.244 e. The van der Waals surface area contributed by atoms with E-state index in [-0.39, 0.29) is 6.61 Å².